The lowest BCUT2D eigenvalue weighted by atomic mass is 10.2. The van der Waals surface area contributed by atoms with E-state index in [2.05, 4.69) is 0 Å². The zero-order valence-electron chi connectivity index (χ0n) is 14.7. The smallest absolute Gasteiger partial charge is 0.338 e. The summed E-state index contributed by atoms with van der Waals surface area (Å²) in [6.45, 7) is 1.58. The lowest BCUT2D eigenvalue weighted by Gasteiger charge is -2.21. The van der Waals surface area contributed by atoms with Crippen molar-refractivity contribution in [1.29, 1.82) is 0 Å². The number of amides is 1. The first kappa shape index (κ1) is 17.5. The molecule has 0 aliphatic rings. The average Bonchev–Trinajstić information content (AvgIpc) is 3.22. The molecule has 1 aromatic heterocycles. The molecular weight excluding hydrogens is 328 g/mol. The second kappa shape index (κ2) is 7.70. The third-order valence-corrected chi connectivity index (χ3v) is 4.09. The monoisotopic (exact) mass is 348 g/mol. The summed E-state index contributed by atoms with van der Waals surface area (Å²) in [5, 5.41) is 0. The Kier molecular flexibility index (Phi) is 5.17. The van der Waals surface area contributed by atoms with Crippen LogP contribution in [0.2, 0.25) is 0 Å². The summed E-state index contributed by atoms with van der Waals surface area (Å²) >= 11 is 0. The number of aromatic nitrogens is 1. The van der Waals surface area contributed by atoms with Crippen molar-refractivity contribution in [1.82, 2.24) is 4.57 Å². The van der Waals surface area contributed by atoms with E-state index in [9.17, 15) is 9.59 Å². The Morgan fingerprint density at radius 3 is 2.35 bits per heavy atom. The van der Waals surface area contributed by atoms with E-state index in [1.165, 1.54) is 4.90 Å². The number of carbonyl (C=O) groups excluding carboxylic acids is 2. The molecule has 0 radical (unpaired) electrons. The first-order valence-electron chi connectivity index (χ1n) is 8.33. The maximum atomic E-state index is 12.5. The molecule has 0 spiro atoms. The van der Waals surface area contributed by atoms with E-state index < -0.39 is 12.1 Å². The number of carbonyl (C=O) groups is 2. The Balaban J connectivity index is 1.69. The predicted molar refractivity (Wildman–Crippen MR) is 100 cm³/mol. The normalized spacial score (nSPS) is 11.6. The van der Waals surface area contributed by atoms with Gasteiger partial charge in [-0.2, -0.15) is 0 Å². The minimum Gasteiger partial charge on any atom is -0.449 e. The number of likely N-dealkylation sites (N-methyl/N-ethyl adjacent to an activating group) is 1. The predicted octanol–water partition coefficient (Wildman–Crippen LogP) is 3.69. The van der Waals surface area contributed by atoms with E-state index in [-0.39, 0.29) is 5.91 Å². The average molecular weight is 348 g/mol. The SMILES string of the molecule is CC(OC(=O)c1cccc(-n2cccc2)c1)C(=O)N(C)c1ccccc1. The molecule has 0 saturated heterocycles. The van der Waals surface area contributed by atoms with Crippen LogP contribution in [0.15, 0.2) is 79.1 Å². The van der Waals surface area contributed by atoms with Crippen molar-refractivity contribution in [3.05, 3.63) is 84.7 Å². The van der Waals surface area contributed by atoms with Crippen LogP contribution in [-0.2, 0) is 9.53 Å². The fourth-order valence-electron chi connectivity index (χ4n) is 2.63. The number of hydrogen-bond donors (Lipinski definition) is 0. The molecule has 0 saturated carbocycles. The molecular formula is C21H20N2O3. The first-order valence-corrected chi connectivity index (χ1v) is 8.33. The van der Waals surface area contributed by atoms with Gasteiger partial charge in [-0.05, 0) is 49.4 Å². The van der Waals surface area contributed by atoms with Crippen LogP contribution >= 0.6 is 0 Å². The van der Waals surface area contributed by atoms with Gasteiger partial charge in [0.05, 0.1) is 5.56 Å². The van der Waals surface area contributed by atoms with Gasteiger partial charge in [0.2, 0.25) is 0 Å². The molecule has 1 amide bonds. The molecule has 1 atom stereocenters. The third kappa shape index (κ3) is 3.83. The van der Waals surface area contributed by atoms with Gasteiger partial charge >= 0.3 is 5.97 Å². The van der Waals surface area contributed by atoms with Crippen LogP contribution in [-0.4, -0.2) is 29.6 Å². The Hall–Kier alpha value is -3.34. The van der Waals surface area contributed by atoms with Gasteiger partial charge in [0.1, 0.15) is 0 Å². The standard InChI is InChI=1S/C21H20N2O3/c1-16(20(24)22(2)18-10-4-3-5-11-18)26-21(25)17-9-8-12-19(15-17)23-13-6-7-14-23/h3-16H,1-2H3. The van der Waals surface area contributed by atoms with Crippen molar-refractivity contribution < 1.29 is 14.3 Å². The number of benzene rings is 2. The van der Waals surface area contributed by atoms with E-state index in [1.54, 1.807) is 32.2 Å². The molecule has 26 heavy (non-hydrogen) atoms. The highest BCUT2D eigenvalue weighted by molar-refractivity contribution is 5.98. The largest absolute Gasteiger partial charge is 0.449 e. The van der Waals surface area contributed by atoms with Crippen molar-refractivity contribution in [2.75, 3.05) is 11.9 Å². The van der Waals surface area contributed by atoms with E-state index in [4.69, 9.17) is 4.74 Å². The summed E-state index contributed by atoms with van der Waals surface area (Å²) < 4.78 is 7.27. The molecule has 0 bridgehead atoms. The highest BCUT2D eigenvalue weighted by atomic mass is 16.5. The third-order valence-electron chi connectivity index (χ3n) is 4.09. The van der Waals surface area contributed by atoms with Crippen LogP contribution in [0, 0.1) is 0 Å². The first-order chi connectivity index (χ1) is 12.6. The minimum atomic E-state index is -0.886. The molecule has 1 heterocycles. The van der Waals surface area contributed by atoms with Crippen LogP contribution in [0.5, 0.6) is 0 Å². The molecule has 132 valence electrons. The number of rotatable bonds is 5. The Labute approximate surface area is 152 Å². The van der Waals surface area contributed by atoms with Gasteiger partial charge in [0.15, 0.2) is 6.10 Å². The van der Waals surface area contributed by atoms with Crippen LogP contribution in [0.3, 0.4) is 0 Å². The van der Waals surface area contributed by atoms with E-state index in [0.717, 1.165) is 11.4 Å². The summed E-state index contributed by atoms with van der Waals surface area (Å²) in [6, 6.07) is 20.1. The van der Waals surface area contributed by atoms with Crippen molar-refractivity contribution in [3.63, 3.8) is 0 Å². The van der Waals surface area contributed by atoms with Gasteiger partial charge in [0, 0.05) is 30.8 Å². The summed E-state index contributed by atoms with van der Waals surface area (Å²) in [4.78, 5) is 26.4. The van der Waals surface area contributed by atoms with Crippen molar-refractivity contribution >= 4 is 17.6 Å². The summed E-state index contributed by atoms with van der Waals surface area (Å²) in [7, 11) is 1.66. The van der Waals surface area contributed by atoms with Gasteiger partial charge < -0.3 is 14.2 Å². The zero-order valence-corrected chi connectivity index (χ0v) is 14.7. The molecule has 0 aliphatic carbocycles. The topological polar surface area (TPSA) is 51.5 Å². The molecule has 3 aromatic rings. The van der Waals surface area contributed by atoms with Gasteiger partial charge in [-0.25, -0.2) is 4.79 Å². The second-order valence-corrected chi connectivity index (χ2v) is 5.92. The molecule has 0 N–H and O–H groups in total. The molecule has 5 heteroatoms. The zero-order chi connectivity index (χ0) is 18.5. The highest BCUT2D eigenvalue weighted by Crippen LogP contribution is 2.15. The van der Waals surface area contributed by atoms with Crippen molar-refractivity contribution in [3.8, 4) is 5.69 Å². The highest BCUT2D eigenvalue weighted by Gasteiger charge is 2.23. The lowest BCUT2D eigenvalue weighted by Crippen LogP contribution is -2.37. The number of anilines is 1. The van der Waals surface area contributed by atoms with Gasteiger partial charge in [-0.3, -0.25) is 4.79 Å². The van der Waals surface area contributed by atoms with Crippen LogP contribution in [0.25, 0.3) is 5.69 Å². The fourth-order valence-corrected chi connectivity index (χ4v) is 2.63. The Bertz CT molecular complexity index is 889. The number of para-hydroxylation sites is 1. The quantitative estimate of drug-likeness (QED) is 0.661. The Morgan fingerprint density at radius 2 is 1.65 bits per heavy atom. The summed E-state index contributed by atoms with van der Waals surface area (Å²) in [6.07, 6.45) is 2.90. The van der Waals surface area contributed by atoms with E-state index >= 15 is 0 Å². The molecule has 0 aliphatic heterocycles. The number of hydrogen-bond acceptors (Lipinski definition) is 3. The number of nitrogens with zero attached hydrogens (tertiary/aromatic N) is 2. The minimum absolute atomic E-state index is 0.286. The lowest BCUT2D eigenvalue weighted by molar-refractivity contribution is -0.126. The maximum Gasteiger partial charge on any atom is 0.338 e. The van der Waals surface area contributed by atoms with Crippen LogP contribution in [0.1, 0.15) is 17.3 Å². The van der Waals surface area contributed by atoms with Gasteiger partial charge in [-0.1, -0.05) is 24.3 Å². The summed E-state index contributed by atoms with van der Waals surface area (Å²) in [5.74, 6) is -0.813. The van der Waals surface area contributed by atoms with Gasteiger partial charge in [-0.15, -0.1) is 0 Å². The second-order valence-electron chi connectivity index (χ2n) is 5.92. The fraction of sp³-hybridized carbons (Fsp3) is 0.143. The summed E-state index contributed by atoms with van der Waals surface area (Å²) in [5.41, 5.74) is 2.00. The number of ether oxygens (including phenoxy) is 1. The van der Waals surface area contributed by atoms with Gasteiger partial charge in [0.25, 0.3) is 5.91 Å². The molecule has 5 nitrogen and oxygen atoms in total. The van der Waals surface area contributed by atoms with E-state index in [1.807, 2.05) is 65.5 Å². The Morgan fingerprint density at radius 1 is 0.962 bits per heavy atom. The van der Waals surface area contributed by atoms with Crippen LogP contribution < -0.4 is 4.90 Å². The number of esters is 1. The van der Waals surface area contributed by atoms with Crippen LogP contribution in [0.4, 0.5) is 5.69 Å². The maximum absolute atomic E-state index is 12.5. The molecule has 2 aromatic carbocycles. The molecule has 0 fully saturated rings. The molecule has 1 unspecified atom stereocenters. The van der Waals surface area contributed by atoms with Crippen molar-refractivity contribution in [2.45, 2.75) is 13.0 Å². The van der Waals surface area contributed by atoms with Crippen molar-refractivity contribution in [2.24, 2.45) is 0 Å². The van der Waals surface area contributed by atoms with E-state index in [0.29, 0.717) is 5.56 Å². The molecule has 3 rings (SSSR count).